The normalized spacial score (nSPS) is 11.9. The van der Waals surface area contributed by atoms with Crippen LogP contribution in [0.25, 0.3) is 0 Å². The van der Waals surface area contributed by atoms with Crippen molar-refractivity contribution in [1.82, 2.24) is 9.88 Å². The molecule has 1 heterocycles. The third-order valence-electron chi connectivity index (χ3n) is 2.73. The van der Waals surface area contributed by atoms with Crippen LogP contribution in [0.15, 0.2) is 12.1 Å². The van der Waals surface area contributed by atoms with Gasteiger partial charge in [-0.15, -0.1) is 0 Å². The van der Waals surface area contributed by atoms with Crippen molar-refractivity contribution in [2.75, 3.05) is 12.0 Å². The average Bonchev–Trinajstić information content (AvgIpc) is 2.75. The molecule has 0 aromatic carbocycles. The van der Waals surface area contributed by atoms with Gasteiger partial charge < -0.3 is 20.5 Å². The highest BCUT2D eigenvalue weighted by Gasteiger charge is 2.25. The van der Waals surface area contributed by atoms with Gasteiger partial charge in [0, 0.05) is 6.07 Å². The van der Waals surface area contributed by atoms with Crippen molar-refractivity contribution in [3.8, 4) is 0 Å². The van der Waals surface area contributed by atoms with Crippen LogP contribution in [0.4, 0.5) is 5.82 Å². The van der Waals surface area contributed by atoms with Crippen LogP contribution in [-0.4, -0.2) is 44.5 Å². The van der Waals surface area contributed by atoms with Crippen molar-refractivity contribution >= 4 is 29.5 Å². The molecule has 0 radical (unpaired) electrons. The molecule has 20 heavy (non-hydrogen) atoms. The highest BCUT2D eigenvalue weighted by Crippen LogP contribution is 2.15. The lowest BCUT2D eigenvalue weighted by molar-refractivity contribution is -0.391. The highest BCUT2D eigenvalue weighted by molar-refractivity contribution is 7.98. The SMILES string of the molecule is CSCCC(NC(=O)c1ccc([N+](=O)[O-])n1C)C(=O)O. The molecule has 9 heteroatoms. The number of thioether (sulfide) groups is 1. The molecule has 0 aliphatic carbocycles. The topological polar surface area (TPSA) is 114 Å². The minimum absolute atomic E-state index is 0.0482. The van der Waals surface area contributed by atoms with Gasteiger partial charge in [0.1, 0.15) is 6.04 Å². The average molecular weight is 301 g/mol. The molecule has 1 aromatic rings. The third kappa shape index (κ3) is 3.73. The first-order valence-electron chi connectivity index (χ1n) is 5.71. The quantitative estimate of drug-likeness (QED) is 0.570. The number of nitrogens with zero attached hydrogens (tertiary/aromatic N) is 2. The summed E-state index contributed by atoms with van der Waals surface area (Å²) in [6, 6.07) is 1.48. The number of amides is 1. The van der Waals surface area contributed by atoms with Gasteiger partial charge in [-0.2, -0.15) is 11.8 Å². The van der Waals surface area contributed by atoms with Crippen molar-refractivity contribution in [2.45, 2.75) is 12.5 Å². The first kappa shape index (κ1) is 16.0. The van der Waals surface area contributed by atoms with E-state index in [0.29, 0.717) is 5.75 Å². The molecule has 1 unspecified atom stereocenters. The number of aromatic nitrogens is 1. The van der Waals surface area contributed by atoms with Crippen LogP contribution in [0.1, 0.15) is 16.9 Å². The van der Waals surface area contributed by atoms with Crippen LogP contribution in [0, 0.1) is 10.1 Å². The second kappa shape index (κ2) is 6.94. The summed E-state index contributed by atoms with van der Waals surface area (Å²) < 4.78 is 1.11. The van der Waals surface area contributed by atoms with Crippen molar-refractivity contribution in [3.63, 3.8) is 0 Å². The standard InChI is InChI=1S/C11H15N3O5S/c1-13-8(3-4-9(13)14(18)19)10(15)12-7(11(16)17)5-6-20-2/h3-4,7H,5-6H2,1-2H3,(H,12,15)(H,16,17). The Morgan fingerprint density at radius 2 is 2.20 bits per heavy atom. The Balaban J connectivity index is 2.84. The number of rotatable bonds is 7. The second-order valence-corrected chi connectivity index (χ2v) is 5.02. The Hall–Kier alpha value is -2.03. The van der Waals surface area contributed by atoms with E-state index in [4.69, 9.17) is 5.11 Å². The maximum absolute atomic E-state index is 12.0. The summed E-state index contributed by atoms with van der Waals surface area (Å²) in [7, 11) is 1.38. The first-order chi connectivity index (χ1) is 9.38. The van der Waals surface area contributed by atoms with Gasteiger partial charge in [-0.25, -0.2) is 9.36 Å². The highest BCUT2D eigenvalue weighted by atomic mass is 32.2. The Kier molecular flexibility index (Phi) is 5.56. The van der Waals surface area contributed by atoms with Gasteiger partial charge in [-0.3, -0.25) is 4.79 Å². The summed E-state index contributed by atoms with van der Waals surface area (Å²) in [6.45, 7) is 0. The zero-order valence-electron chi connectivity index (χ0n) is 11.0. The van der Waals surface area contributed by atoms with E-state index in [-0.39, 0.29) is 17.9 Å². The largest absolute Gasteiger partial charge is 0.480 e. The lowest BCUT2D eigenvalue weighted by atomic mass is 10.2. The van der Waals surface area contributed by atoms with Gasteiger partial charge in [0.25, 0.3) is 5.91 Å². The van der Waals surface area contributed by atoms with Crippen molar-refractivity contribution in [3.05, 3.63) is 27.9 Å². The fourth-order valence-corrected chi connectivity index (χ4v) is 2.11. The molecule has 2 N–H and O–H groups in total. The molecule has 0 aliphatic heterocycles. The maximum Gasteiger partial charge on any atom is 0.326 e. The monoisotopic (exact) mass is 301 g/mol. The molecule has 8 nitrogen and oxygen atoms in total. The second-order valence-electron chi connectivity index (χ2n) is 4.04. The van der Waals surface area contributed by atoms with E-state index < -0.39 is 22.8 Å². The summed E-state index contributed by atoms with van der Waals surface area (Å²) >= 11 is 1.47. The predicted molar refractivity (Wildman–Crippen MR) is 74.0 cm³/mol. The van der Waals surface area contributed by atoms with Crippen LogP contribution in [0.2, 0.25) is 0 Å². The Morgan fingerprint density at radius 3 is 2.65 bits per heavy atom. The molecule has 1 atom stereocenters. The number of aliphatic carboxylic acids is 1. The summed E-state index contributed by atoms with van der Waals surface area (Å²) in [6.07, 6.45) is 2.12. The molecule has 1 aromatic heterocycles. The number of hydrogen-bond donors (Lipinski definition) is 2. The van der Waals surface area contributed by atoms with E-state index in [1.165, 1.54) is 30.9 Å². The minimum Gasteiger partial charge on any atom is -0.480 e. The van der Waals surface area contributed by atoms with E-state index in [1.54, 1.807) is 0 Å². The summed E-state index contributed by atoms with van der Waals surface area (Å²) in [5, 5.41) is 22.1. The van der Waals surface area contributed by atoms with E-state index in [1.807, 2.05) is 6.26 Å². The van der Waals surface area contributed by atoms with Crippen LogP contribution in [-0.2, 0) is 11.8 Å². The van der Waals surface area contributed by atoms with Crippen molar-refractivity contribution < 1.29 is 19.6 Å². The van der Waals surface area contributed by atoms with Gasteiger partial charge in [0.05, 0.1) is 7.05 Å². The number of carboxylic acid groups (broad SMARTS) is 1. The van der Waals surface area contributed by atoms with Crippen LogP contribution < -0.4 is 5.32 Å². The molecule has 0 aliphatic rings. The molecule has 0 fully saturated rings. The minimum atomic E-state index is -1.13. The number of carboxylic acids is 1. The summed E-state index contributed by atoms with van der Waals surface area (Å²) in [5.41, 5.74) is 0.0482. The third-order valence-corrected chi connectivity index (χ3v) is 3.37. The Bertz CT molecular complexity index is 528. The summed E-state index contributed by atoms with van der Waals surface area (Å²) in [4.78, 5) is 33.1. The fourth-order valence-electron chi connectivity index (χ4n) is 1.64. The van der Waals surface area contributed by atoms with Crippen molar-refractivity contribution in [2.24, 2.45) is 7.05 Å². The first-order valence-corrected chi connectivity index (χ1v) is 7.10. The van der Waals surface area contributed by atoms with E-state index in [0.717, 1.165) is 4.57 Å². The molecule has 0 saturated heterocycles. The molecule has 0 bridgehead atoms. The number of nitro groups is 1. The van der Waals surface area contributed by atoms with Gasteiger partial charge in [0.15, 0.2) is 5.69 Å². The molecule has 1 rings (SSSR count). The lowest BCUT2D eigenvalue weighted by Gasteiger charge is -2.13. The molecule has 1 amide bonds. The van der Waals surface area contributed by atoms with Crippen LogP contribution >= 0.6 is 11.8 Å². The molecule has 0 spiro atoms. The lowest BCUT2D eigenvalue weighted by Crippen LogP contribution is -2.41. The molecular weight excluding hydrogens is 286 g/mol. The number of nitrogens with one attached hydrogen (secondary N) is 1. The van der Waals surface area contributed by atoms with Gasteiger partial charge in [-0.1, -0.05) is 0 Å². The number of carbonyl (C=O) groups excluding carboxylic acids is 1. The van der Waals surface area contributed by atoms with Crippen LogP contribution in [0.3, 0.4) is 0 Å². The zero-order chi connectivity index (χ0) is 15.3. The van der Waals surface area contributed by atoms with Gasteiger partial charge in [0.2, 0.25) is 0 Å². The number of hydrogen-bond acceptors (Lipinski definition) is 5. The van der Waals surface area contributed by atoms with Crippen LogP contribution in [0.5, 0.6) is 0 Å². The number of carbonyl (C=O) groups is 2. The Morgan fingerprint density at radius 1 is 1.55 bits per heavy atom. The maximum atomic E-state index is 12.0. The van der Waals surface area contributed by atoms with Crippen molar-refractivity contribution in [1.29, 1.82) is 0 Å². The van der Waals surface area contributed by atoms with E-state index in [2.05, 4.69) is 5.32 Å². The smallest absolute Gasteiger partial charge is 0.326 e. The molecule has 0 saturated carbocycles. The van der Waals surface area contributed by atoms with E-state index >= 15 is 0 Å². The zero-order valence-corrected chi connectivity index (χ0v) is 11.8. The van der Waals surface area contributed by atoms with Gasteiger partial charge >= 0.3 is 11.8 Å². The molecule has 110 valence electrons. The summed E-state index contributed by atoms with van der Waals surface area (Å²) in [5.74, 6) is -1.42. The van der Waals surface area contributed by atoms with E-state index in [9.17, 15) is 19.7 Å². The fraction of sp³-hybridized carbons (Fsp3) is 0.455. The molecular formula is C11H15N3O5S. The Labute approximate surface area is 119 Å². The van der Waals surface area contributed by atoms with Gasteiger partial charge in [-0.05, 0) is 29.4 Å². The predicted octanol–water partition coefficient (Wildman–Crippen LogP) is 0.869.